The Hall–Kier alpha value is -3.29. The van der Waals surface area contributed by atoms with Gasteiger partial charge in [0, 0.05) is 24.5 Å². The molecule has 0 aliphatic heterocycles. The molecular weight excluding hydrogens is 660 g/mol. The van der Waals surface area contributed by atoms with Crippen molar-refractivity contribution in [1.82, 2.24) is 20.0 Å². The molecule has 13 nitrogen and oxygen atoms in total. The molecule has 260 valence electrons. The zero-order chi connectivity index (χ0) is 35.1. The molecule has 1 aromatic heterocycles. The third kappa shape index (κ3) is 17.4. The van der Waals surface area contributed by atoms with Crippen molar-refractivity contribution < 1.29 is 33.3 Å². The molecule has 46 heavy (non-hydrogen) atoms. The number of carbonyl (C=O) groups excluding carboxylic acids is 3. The summed E-state index contributed by atoms with van der Waals surface area (Å²) in [6, 6.07) is 3.23. The highest BCUT2D eigenvalue weighted by Gasteiger charge is 2.35. The first-order valence-electron chi connectivity index (χ1n) is 15.6. The highest BCUT2D eigenvalue weighted by atomic mass is 79.9. The minimum atomic E-state index is -0.977. The molecular formula is C32H53BrN6O7. The molecule has 3 amide bonds. The second-order valence-electron chi connectivity index (χ2n) is 13.7. The smallest absolute Gasteiger partial charge is 0.437 e. The Morgan fingerprint density at radius 1 is 0.761 bits per heavy atom. The lowest BCUT2D eigenvalue weighted by molar-refractivity contribution is 0.0270. The zero-order valence-corrected chi connectivity index (χ0v) is 30.8. The Kier molecular flexibility index (Phi) is 16.6. The average Bonchev–Trinajstić information content (AvgIpc) is 2.89. The van der Waals surface area contributed by atoms with E-state index in [4.69, 9.17) is 24.4 Å². The number of unbranched alkanes of at least 4 members (excludes halogenated alkanes) is 4. The van der Waals surface area contributed by atoms with Gasteiger partial charge in [-0.15, -0.1) is 15.2 Å². The van der Waals surface area contributed by atoms with Crippen LogP contribution in [-0.4, -0.2) is 91.8 Å². The molecule has 0 spiro atoms. The van der Waals surface area contributed by atoms with Gasteiger partial charge in [0.2, 0.25) is 11.8 Å². The predicted octanol–water partition coefficient (Wildman–Crippen LogP) is 7.74. The average molecular weight is 714 g/mol. The van der Waals surface area contributed by atoms with Gasteiger partial charge in [-0.3, -0.25) is 0 Å². The van der Waals surface area contributed by atoms with E-state index in [0.29, 0.717) is 12.1 Å². The van der Waals surface area contributed by atoms with Crippen LogP contribution < -0.4 is 4.74 Å². The lowest BCUT2D eigenvalue weighted by Crippen LogP contribution is -2.53. The normalized spacial score (nSPS) is 12.3. The van der Waals surface area contributed by atoms with Crippen LogP contribution in [-0.2, 0) is 14.2 Å². The van der Waals surface area contributed by atoms with E-state index in [1.54, 1.807) is 81.4 Å². The fourth-order valence-electron chi connectivity index (χ4n) is 3.70. The van der Waals surface area contributed by atoms with Crippen LogP contribution in [0.25, 0.3) is 0 Å². The second-order valence-corrected chi connectivity index (χ2v) is 14.5. The highest BCUT2D eigenvalue weighted by Crippen LogP contribution is 2.19. The summed E-state index contributed by atoms with van der Waals surface area (Å²) in [7, 11) is 0. The summed E-state index contributed by atoms with van der Waals surface area (Å²) in [5.41, 5.74) is -1.93. The van der Waals surface area contributed by atoms with Gasteiger partial charge < -0.3 is 24.4 Å². The van der Waals surface area contributed by atoms with Crippen LogP contribution in [0.3, 0.4) is 0 Å². The first-order valence-corrected chi connectivity index (χ1v) is 16.8. The van der Waals surface area contributed by atoms with Crippen molar-refractivity contribution in [2.45, 2.75) is 125 Å². The Morgan fingerprint density at radius 2 is 1.26 bits per heavy atom. The van der Waals surface area contributed by atoms with Crippen molar-refractivity contribution in [1.29, 1.82) is 5.41 Å². The van der Waals surface area contributed by atoms with E-state index < -0.39 is 35.1 Å². The van der Waals surface area contributed by atoms with Crippen LogP contribution in [0.5, 0.6) is 5.88 Å². The summed E-state index contributed by atoms with van der Waals surface area (Å²) in [5, 5.41) is 16.5. The van der Waals surface area contributed by atoms with Crippen molar-refractivity contribution >= 4 is 45.9 Å². The number of nitrogens with one attached hydrogen (secondary N) is 1. The Labute approximate surface area is 282 Å². The number of rotatable bonds is 13. The maximum absolute atomic E-state index is 13.7. The number of halogens is 1. The molecule has 0 aliphatic rings. The maximum atomic E-state index is 13.7. The molecule has 0 saturated carbocycles. The molecule has 0 saturated heterocycles. The molecule has 0 fully saturated rings. The van der Waals surface area contributed by atoms with Gasteiger partial charge in [0.1, 0.15) is 22.5 Å². The van der Waals surface area contributed by atoms with Crippen LogP contribution in [0, 0.1) is 5.41 Å². The van der Waals surface area contributed by atoms with E-state index >= 15 is 0 Å². The van der Waals surface area contributed by atoms with E-state index in [9.17, 15) is 14.4 Å². The van der Waals surface area contributed by atoms with E-state index in [0.717, 1.165) is 35.9 Å². The number of ether oxygens (including phenoxy) is 4. The molecule has 0 bridgehead atoms. The van der Waals surface area contributed by atoms with Gasteiger partial charge in [0.15, 0.2) is 0 Å². The molecule has 0 aromatic carbocycles. The number of nitrogens with zero attached hydrogens (tertiary/aromatic N) is 5. The van der Waals surface area contributed by atoms with Gasteiger partial charge in [-0.2, -0.15) is 0 Å². The third-order valence-electron chi connectivity index (χ3n) is 5.61. The van der Waals surface area contributed by atoms with Crippen LogP contribution in [0.2, 0.25) is 0 Å². The summed E-state index contributed by atoms with van der Waals surface area (Å²) in [5.74, 6) is -0.0180. The fourth-order valence-corrected chi connectivity index (χ4v) is 4.10. The van der Waals surface area contributed by atoms with Crippen molar-refractivity contribution in [2.24, 2.45) is 4.99 Å². The lowest BCUT2D eigenvalue weighted by atomic mass is 10.1. The van der Waals surface area contributed by atoms with Crippen molar-refractivity contribution in [2.75, 3.05) is 25.0 Å². The number of aliphatic imine (C=N–C) groups is 1. The van der Waals surface area contributed by atoms with Gasteiger partial charge in [0.05, 0.1) is 12.3 Å². The molecule has 14 heteroatoms. The predicted molar refractivity (Wildman–Crippen MR) is 181 cm³/mol. The lowest BCUT2D eigenvalue weighted by Gasteiger charge is -2.34. The van der Waals surface area contributed by atoms with Gasteiger partial charge in [-0.25, -0.2) is 24.2 Å². The van der Waals surface area contributed by atoms with Gasteiger partial charge >= 0.3 is 18.3 Å². The monoisotopic (exact) mass is 712 g/mol. The number of hydrogen-bond acceptors (Lipinski definition) is 10. The van der Waals surface area contributed by atoms with E-state index in [2.05, 4.69) is 31.1 Å². The summed E-state index contributed by atoms with van der Waals surface area (Å²) < 4.78 is 22.6. The first-order chi connectivity index (χ1) is 21.2. The number of carbonyl (C=O) groups is 3. The number of hydrogen-bond donors (Lipinski definition) is 1. The summed E-state index contributed by atoms with van der Waals surface area (Å²) in [4.78, 5) is 47.0. The van der Waals surface area contributed by atoms with Crippen molar-refractivity contribution in [3.63, 3.8) is 0 Å². The zero-order valence-electron chi connectivity index (χ0n) is 29.2. The largest absolute Gasteiger partial charge is 0.477 e. The van der Waals surface area contributed by atoms with Crippen LogP contribution in [0.4, 0.5) is 14.4 Å². The summed E-state index contributed by atoms with van der Waals surface area (Å²) in [6.07, 6.45) is 2.07. The van der Waals surface area contributed by atoms with Crippen LogP contribution in [0.15, 0.2) is 17.1 Å². The van der Waals surface area contributed by atoms with Crippen molar-refractivity contribution in [3.8, 4) is 5.88 Å². The topological polar surface area (TPSA) is 157 Å². The number of amides is 3. The Morgan fingerprint density at radius 3 is 1.72 bits per heavy atom. The number of aromatic nitrogens is 2. The van der Waals surface area contributed by atoms with E-state index in [-0.39, 0.29) is 43.7 Å². The molecule has 0 radical (unpaired) electrons. The molecule has 1 rings (SSSR count). The SMILES string of the molecule is CC(=N)c1ccc(OCCCN(C(=O)OC(C)(C)C)C(=NC(=O)OC(C)(C)C)N(CCCCCCCBr)C(=O)OC(C)(C)C)nn1. The van der Waals surface area contributed by atoms with E-state index in [1.807, 2.05) is 0 Å². The summed E-state index contributed by atoms with van der Waals surface area (Å²) >= 11 is 3.45. The van der Waals surface area contributed by atoms with Crippen molar-refractivity contribution in [3.05, 3.63) is 17.8 Å². The van der Waals surface area contributed by atoms with E-state index in [1.165, 1.54) is 4.90 Å². The highest BCUT2D eigenvalue weighted by molar-refractivity contribution is 9.09. The maximum Gasteiger partial charge on any atom is 0.437 e. The van der Waals surface area contributed by atoms with Crippen LogP contribution >= 0.6 is 15.9 Å². The molecule has 1 N–H and O–H groups in total. The first kappa shape index (κ1) is 40.7. The molecule has 0 aliphatic carbocycles. The molecule has 1 heterocycles. The van der Waals surface area contributed by atoms with Gasteiger partial charge in [0.25, 0.3) is 0 Å². The quantitative estimate of drug-likeness (QED) is 0.0710. The Bertz CT molecular complexity index is 1170. The standard InChI is InChI=1S/C32H53BrN6O7/c1-23(34)24-17-18-25(37-36-24)43-22-16-21-39(29(42)46-32(8,9)10)26(35-27(40)44-30(2,3)4)38(28(41)45-31(5,6)7)20-15-13-11-12-14-19-33/h17-18,34H,11-16,19-22H2,1-10H3. The third-order valence-corrected chi connectivity index (χ3v) is 6.17. The van der Waals surface area contributed by atoms with Gasteiger partial charge in [-0.1, -0.05) is 35.2 Å². The number of alkyl halides is 1. The minimum Gasteiger partial charge on any atom is -0.477 e. The molecule has 1 aromatic rings. The molecule has 0 unspecified atom stereocenters. The minimum absolute atomic E-state index is 0.0355. The second kappa shape index (κ2) is 18.8. The van der Waals surface area contributed by atoms with Crippen LogP contribution in [0.1, 0.15) is 113 Å². The number of guanidine groups is 1. The van der Waals surface area contributed by atoms with Gasteiger partial charge in [-0.05, 0) is 94.6 Å². The fraction of sp³-hybridized carbons (Fsp3) is 0.719. The Balaban J connectivity index is 3.49. The summed E-state index contributed by atoms with van der Waals surface area (Å²) in [6.45, 7) is 17.2. The molecule has 0 atom stereocenters.